The van der Waals surface area contributed by atoms with Gasteiger partial charge in [-0.2, -0.15) is 0 Å². The van der Waals surface area contributed by atoms with Crippen LogP contribution in [0.5, 0.6) is 5.75 Å². The number of rotatable bonds is 10. The molecule has 0 fully saturated rings. The smallest absolute Gasteiger partial charge is 0.356 e. The molecule has 0 bridgehead atoms. The molecule has 2 heterocycles. The van der Waals surface area contributed by atoms with E-state index in [1.165, 1.54) is 7.11 Å². The number of imidazole rings is 1. The quantitative estimate of drug-likeness (QED) is 0.202. The van der Waals surface area contributed by atoms with Crippen molar-refractivity contribution in [2.24, 2.45) is 0 Å². The average Bonchev–Trinajstić information content (AvgIpc) is 3.29. The normalized spacial score (nSPS) is 11.5. The number of methoxy groups -OCH3 is 1. The Morgan fingerprint density at radius 3 is 2.39 bits per heavy atom. The molecule has 0 atom stereocenters. The van der Waals surface area contributed by atoms with Gasteiger partial charge in [-0.15, -0.1) is 0 Å². The largest absolute Gasteiger partial charge is 0.489 e. The van der Waals surface area contributed by atoms with Gasteiger partial charge in [-0.1, -0.05) is 50.6 Å². The fourth-order valence-corrected chi connectivity index (χ4v) is 4.79. The van der Waals surface area contributed by atoms with Gasteiger partial charge in [0.2, 0.25) is 0 Å². The van der Waals surface area contributed by atoms with Crippen LogP contribution in [0.1, 0.15) is 90.0 Å². The van der Waals surface area contributed by atoms with E-state index in [-0.39, 0.29) is 18.3 Å². The van der Waals surface area contributed by atoms with Crippen LogP contribution in [0.4, 0.5) is 0 Å². The van der Waals surface area contributed by atoms with Gasteiger partial charge >= 0.3 is 11.9 Å². The summed E-state index contributed by atoms with van der Waals surface area (Å²) in [6, 6.07) is 15.3. The molecule has 41 heavy (non-hydrogen) atoms. The second kappa shape index (κ2) is 12.5. The maximum absolute atomic E-state index is 12.8. The first-order chi connectivity index (χ1) is 19.5. The molecule has 8 nitrogen and oxygen atoms in total. The van der Waals surface area contributed by atoms with Crippen LogP contribution in [0.25, 0.3) is 11.2 Å². The Labute approximate surface area is 241 Å². The van der Waals surface area contributed by atoms with Crippen LogP contribution in [0, 0.1) is 6.92 Å². The minimum atomic E-state index is -0.581. The first-order valence-corrected chi connectivity index (χ1v) is 14.1. The minimum absolute atomic E-state index is 0.247. The lowest BCUT2D eigenvalue weighted by molar-refractivity contribution is 0.00667. The summed E-state index contributed by atoms with van der Waals surface area (Å²) in [5.74, 6) is 0.844. The molecule has 0 unspecified atom stereocenters. The summed E-state index contributed by atoms with van der Waals surface area (Å²) in [5, 5.41) is 0. The third-order valence-corrected chi connectivity index (χ3v) is 6.69. The van der Waals surface area contributed by atoms with Crippen molar-refractivity contribution < 1.29 is 23.8 Å². The van der Waals surface area contributed by atoms with Crippen LogP contribution in [0.15, 0.2) is 48.5 Å². The summed E-state index contributed by atoms with van der Waals surface area (Å²) in [6.07, 6.45) is 2.52. The molecule has 0 amide bonds. The Morgan fingerprint density at radius 2 is 1.71 bits per heavy atom. The van der Waals surface area contributed by atoms with Gasteiger partial charge in [0.15, 0.2) is 11.3 Å². The number of carbonyl (C=O) groups is 2. The highest BCUT2D eigenvalue weighted by molar-refractivity contribution is 5.91. The molecule has 0 aliphatic rings. The zero-order valence-corrected chi connectivity index (χ0v) is 25.0. The molecule has 0 saturated heterocycles. The van der Waals surface area contributed by atoms with Crippen molar-refractivity contribution in [3.63, 3.8) is 0 Å². The minimum Gasteiger partial charge on any atom is -0.489 e. The Hall–Kier alpha value is -4.20. The summed E-state index contributed by atoms with van der Waals surface area (Å²) >= 11 is 0. The lowest BCUT2D eigenvalue weighted by Crippen LogP contribution is -2.24. The third kappa shape index (κ3) is 6.93. The third-order valence-electron chi connectivity index (χ3n) is 6.69. The van der Waals surface area contributed by atoms with Crippen molar-refractivity contribution in [1.29, 1.82) is 0 Å². The number of nitrogens with zero attached hydrogens (tertiary/aromatic N) is 3. The van der Waals surface area contributed by atoms with Gasteiger partial charge in [0.1, 0.15) is 29.3 Å². The van der Waals surface area contributed by atoms with Gasteiger partial charge < -0.3 is 18.8 Å². The molecule has 0 saturated carbocycles. The number of fused-ring (bicyclic) bond motifs is 1. The molecule has 216 valence electrons. The van der Waals surface area contributed by atoms with Crippen molar-refractivity contribution in [2.45, 2.75) is 79.6 Å². The fourth-order valence-electron chi connectivity index (χ4n) is 4.79. The van der Waals surface area contributed by atoms with Crippen LogP contribution >= 0.6 is 0 Å². The summed E-state index contributed by atoms with van der Waals surface area (Å²) in [5.41, 5.74) is 5.45. The molecule has 0 N–H and O–H groups in total. The molecule has 0 aliphatic heterocycles. The Morgan fingerprint density at radius 1 is 0.951 bits per heavy atom. The van der Waals surface area contributed by atoms with Gasteiger partial charge in [-0.05, 0) is 69.0 Å². The topological polar surface area (TPSA) is 92.5 Å². The first kappa shape index (κ1) is 29.8. The molecule has 0 spiro atoms. The van der Waals surface area contributed by atoms with E-state index in [0.717, 1.165) is 58.6 Å². The molecule has 2 aromatic heterocycles. The number of hydrogen-bond acceptors (Lipinski definition) is 7. The highest BCUT2D eigenvalue weighted by atomic mass is 16.6. The second-order valence-electron chi connectivity index (χ2n) is 11.1. The van der Waals surface area contributed by atoms with Gasteiger partial charge in [-0.3, -0.25) is 0 Å². The Kier molecular flexibility index (Phi) is 9.11. The predicted octanol–water partition coefficient (Wildman–Crippen LogP) is 6.62. The summed E-state index contributed by atoms with van der Waals surface area (Å²) in [4.78, 5) is 34.5. The van der Waals surface area contributed by atoms with E-state index < -0.39 is 11.6 Å². The maximum atomic E-state index is 12.8. The number of hydrogen-bond donors (Lipinski definition) is 0. The lowest BCUT2D eigenvalue weighted by atomic mass is 10.0. The van der Waals surface area contributed by atoms with E-state index >= 15 is 0 Å². The zero-order chi connectivity index (χ0) is 29.7. The molecular formula is C33H39N3O5. The molecule has 4 rings (SSSR count). The van der Waals surface area contributed by atoms with Gasteiger partial charge in [0, 0.05) is 12.0 Å². The van der Waals surface area contributed by atoms with Crippen molar-refractivity contribution in [3.8, 4) is 5.75 Å². The maximum Gasteiger partial charge on any atom is 0.356 e. The highest BCUT2D eigenvalue weighted by Crippen LogP contribution is 2.27. The number of aromatic nitrogens is 3. The van der Waals surface area contributed by atoms with E-state index in [1.54, 1.807) is 12.1 Å². The summed E-state index contributed by atoms with van der Waals surface area (Å²) < 4.78 is 18.9. The fraction of sp³-hybridized carbons (Fsp3) is 0.394. The van der Waals surface area contributed by atoms with Crippen molar-refractivity contribution >= 4 is 23.1 Å². The standard InChI is InChI=1S/C33H39N3O5/c1-8-12-23-18-22(19-36-28(9-2)35-29-21(3)17-26(32(38)39-7)34-30(29)36)15-16-27(23)40-20-24-13-10-11-14-25(24)31(37)41-33(4,5)6/h10-11,13-18H,8-9,12,19-20H2,1-7H3. The van der Waals surface area contributed by atoms with Gasteiger partial charge in [-0.25, -0.2) is 19.6 Å². The number of benzene rings is 2. The highest BCUT2D eigenvalue weighted by Gasteiger charge is 2.21. The number of esters is 2. The number of aryl methyl sites for hydroxylation is 3. The van der Waals surface area contributed by atoms with Crippen molar-refractivity contribution in [1.82, 2.24) is 14.5 Å². The van der Waals surface area contributed by atoms with E-state index in [0.29, 0.717) is 17.8 Å². The van der Waals surface area contributed by atoms with Crippen molar-refractivity contribution in [2.75, 3.05) is 7.11 Å². The van der Waals surface area contributed by atoms with Gasteiger partial charge in [0.25, 0.3) is 0 Å². The molecule has 0 aliphatic carbocycles. The lowest BCUT2D eigenvalue weighted by Gasteiger charge is -2.21. The van der Waals surface area contributed by atoms with Crippen LogP contribution in [-0.4, -0.2) is 39.2 Å². The Bertz CT molecular complexity index is 1570. The summed E-state index contributed by atoms with van der Waals surface area (Å²) in [6.45, 7) is 12.5. The number of carbonyl (C=O) groups excluding carboxylic acids is 2. The molecule has 0 radical (unpaired) electrons. The molecule has 4 aromatic rings. The Balaban J connectivity index is 1.62. The average molecular weight is 558 g/mol. The molecule has 8 heteroatoms. The van der Waals surface area contributed by atoms with E-state index in [2.05, 4.69) is 29.5 Å². The van der Waals surface area contributed by atoms with Crippen LogP contribution in [-0.2, 0) is 35.5 Å². The predicted molar refractivity (Wildman–Crippen MR) is 158 cm³/mol. The monoisotopic (exact) mass is 557 g/mol. The van der Waals surface area contributed by atoms with Crippen molar-refractivity contribution in [3.05, 3.63) is 87.9 Å². The first-order valence-electron chi connectivity index (χ1n) is 14.1. The van der Waals surface area contributed by atoms with Crippen LogP contribution in [0.2, 0.25) is 0 Å². The van der Waals surface area contributed by atoms with E-state index in [9.17, 15) is 9.59 Å². The zero-order valence-electron chi connectivity index (χ0n) is 25.0. The number of pyridine rings is 1. The SMILES string of the molecule is CCCc1cc(Cn2c(CC)nc3c(C)cc(C(=O)OC)nc32)ccc1OCc1ccccc1C(=O)OC(C)(C)C. The van der Waals surface area contributed by atoms with Crippen LogP contribution in [0.3, 0.4) is 0 Å². The molecule has 2 aromatic carbocycles. The molecular weight excluding hydrogens is 518 g/mol. The van der Waals surface area contributed by atoms with Gasteiger partial charge in [0.05, 0.1) is 19.2 Å². The van der Waals surface area contributed by atoms with Crippen LogP contribution < -0.4 is 4.74 Å². The second-order valence-corrected chi connectivity index (χ2v) is 11.1. The summed E-state index contributed by atoms with van der Waals surface area (Å²) in [7, 11) is 1.35. The van der Waals surface area contributed by atoms with E-state index in [4.69, 9.17) is 19.2 Å². The van der Waals surface area contributed by atoms with E-state index in [1.807, 2.05) is 58.0 Å². The number of ether oxygens (including phenoxy) is 3.